The van der Waals surface area contributed by atoms with Crippen LogP contribution >= 0.6 is 0 Å². The lowest BCUT2D eigenvalue weighted by Gasteiger charge is -1.91. The highest BCUT2D eigenvalue weighted by Gasteiger charge is 2.05. The van der Waals surface area contributed by atoms with Gasteiger partial charge in [0, 0.05) is 17.3 Å². The van der Waals surface area contributed by atoms with Crippen molar-refractivity contribution in [2.24, 2.45) is 0 Å². The van der Waals surface area contributed by atoms with Crippen LogP contribution in [0, 0.1) is 0 Å². The molecule has 0 saturated heterocycles. The largest absolute Gasteiger partial charge is 0.298 e. The summed E-state index contributed by atoms with van der Waals surface area (Å²) in [6, 6.07) is 13.2. The van der Waals surface area contributed by atoms with Gasteiger partial charge in [-0.2, -0.15) is 0 Å². The lowest BCUT2D eigenvalue weighted by Crippen LogP contribution is -1.88. The molecule has 0 N–H and O–H groups in total. The van der Waals surface area contributed by atoms with E-state index in [1.165, 1.54) is 0 Å². The van der Waals surface area contributed by atoms with E-state index < -0.39 is 0 Å². The maximum absolute atomic E-state index is 10.7. The third kappa shape index (κ3) is 1.69. The molecule has 4 heteroatoms. The predicted octanol–water partition coefficient (Wildman–Crippen LogP) is 2.21. The molecule has 0 spiro atoms. The van der Waals surface area contributed by atoms with Gasteiger partial charge in [0.2, 0.25) is 0 Å². The molecule has 0 fully saturated rings. The van der Waals surface area contributed by atoms with E-state index in [-0.39, 0.29) is 0 Å². The van der Waals surface area contributed by atoms with Crippen LogP contribution in [0.4, 0.5) is 0 Å². The van der Waals surface area contributed by atoms with Crippen LogP contribution in [-0.4, -0.2) is 20.9 Å². The Bertz CT molecular complexity index is 673. The highest BCUT2D eigenvalue weighted by molar-refractivity contribution is 5.76. The Balaban J connectivity index is 2.17. The van der Waals surface area contributed by atoms with Gasteiger partial charge in [0.05, 0.1) is 0 Å². The summed E-state index contributed by atoms with van der Waals surface area (Å²) in [7, 11) is 0. The van der Waals surface area contributed by atoms with Crippen molar-refractivity contribution >= 4 is 11.9 Å². The fraction of sp³-hybridized carbons (Fsp3) is 0. The van der Waals surface area contributed by atoms with E-state index in [1.807, 2.05) is 30.3 Å². The first-order valence-electron chi connectivity index (χ1n) is 5.24. The van der Waals surface area contributed by atoms with Gasteiger partial charge in [-0.05, 0) is 12.1 Å². The molecular weight excluding hydrogens is 214 g/mol. The van der Waals surface area contributed by atoms with Gasteiger partial charge in [0.25, 0.3) is 0 Å². The number of carbonyl (C=O) groups is 1. The minimum Gasteiger partial charge on any atom is -0.298 e. The fourth-order valence-electron chi connectivity index (χ4n) is 1.68. The highest BCUT2D eigenvalue weighted by atomic mass is 16.1. The van der Waals surface area contributed by atoms with Gasteiger partial charge in [-0.15, -0.1) is 5.10 Å². The molecule has 0 atom stereocenters. The first kappa shape index (κ1) is 9.72. The number of hydrogen-bond donors (Lipinski definition) is 0. The summed E-state index contributed by atoms with van der Waals surface area (Å²) < 4.78 is 1.66. The van der Waals surface area contributed by atoms with Gasteiger partial charge in [0.15, 0.2) is 11.5 Å². The molecule has 17 heavy (non-hydrogen) atoms. The number of aromatic nitrogens is 3. The molecular formula is C13H9N3O. The summed E-state index contributed by atoms with van der Waals surface area (Å²) in [5.74, 6) is 0.661. The topological polar surface area (TPSA) is 47.3 Å². The van der Waals surface area contributed by atoms with Crippen molar-refractivity contribution in [3.05, 3.63) is 54.2 Å². The molecule has 4 nitrogen and oxygen atoms in total. The average Bonchev–Trinajstić information content (AvgIpc) is 2.82. The fourth-order valence-corrected chi connectivity index (χ4v) is 1.68. The van der Waals surface area contributed by atoms with Crippen LogP contribution in [0.3, 0.4) is 0 Å². The quantitative estimate of drug-likeness (QED) is 0.626. The van der Waals surface area contributed by atoms with E-state index in [2.05, 4.69) is 10.1 Å². The van der Waals surface area contributed by atoms with E-state index in [4.69, 9.17) is 0 Å². The Morgan fingerprint density at radius 2 is 1.94 bits per heavy atom. The van der Waals surface area contributed by atoms with Crippen molar-refractivity contribution in [2.45, 2.75) is 0 Å². The Morgan fingerprint density at radius 3 is 2.71 bits per heavy atom. The van der Waals surface area contributed by atoms with E-state index in [0.717, 1.165) is 11.8 Å². The van der Waals surface area contributed by atoms with Crippen molar-refractivity contribution in [3.63, 3.8) is 0 Å². The molecule has 0 bridgehead atoms. The minimum absolute atomic E-state index is 0.601. The zero-order valence-electron chi connectivity index (χ0n) is 8.95. The molecule has 0 aliphatic rings. The molecule has 0 amide bonds. The summed E-state index contributed by atoms with van der Waals surface area (Å²) in [6.07, 6.45) is 2.54. The van der Waals surface area contributed by atoms with Crippen LogP contribution in [0.1, 0.15) is 10.4 Å². The molecule has 3 rings (SSSR count). The van der Waals surface area contributed by atoms with Crippen LogP contribution in [0.2, 0.25) is 0 Å². The van der Waals surface area contributed by atoms with Crippen molar-refractivity contribution in [2.75, 3.05) is 0 Å². The number of carbonyl (C=O) groups excluding carboxylic acids is 1. The molecule has 0 aliphatic carbocycles. The second-order valence-corrected chi connectivity index (χ2v) is 3.68. The van der Waals surface area contributed by atoms with Crippen molar-refractivity contribution < 1.29 is 4.79 Å². The summed E-state index contributed by atoms with van der Waals surface area (Å²) in [4.78, 5) is 15.1. The zero-order chi connectivity index (χ0) is 11.7. The van der Waals surface area contributed by atoms with Crippen LogP contribution in [0.15, 0.2) is 48.7 Å². The number of fused-ring (bicyclic) bond motifs is 1. The van der Waals surface area contributed by atoms with E-state index in [1.54, 1.807) is 22.8 Å². The average molecular weight is 223 g/mol. The lowest BCUT2D eigenvalue weighted by atomic mass is 10.2. The zero-order valence-corrected chi connectivity index (χ0v) is 8.95. The van der Waals surface area contributed by atoms with Gasteiger partial charge in [0.1, 0.15) is 6.29 Å². The number of pyridine rings is 1. The molecule has 3 aromatic rings. The second-order valence-electron chi connectivity index (χ2n) is 3.68. The summed E-state index contributed by atoms with van der Waals surface area (Å²) >= 11 is 0. The van der Waals surface area contributed by atoms with Crippen LogP contribution in [-0.2, 0) is 0 Å². The maximum atomic E-state index is 10.7. The van der Waals surface area contributed by atoms with E-state index >= 15 is 0 Å². The second kappa shape index (κ2) is 3.83. The van der Waals surface area contributed by atoms with Crippen molar-refractivity contribution in [3.8, 4) is 11.4 Å². The maximum Gasteiger partial charge on any atom is 0.182 e. The van der Waals surface area contributed by atoms with E-state index in [0.29, 0.717) is 17.0 Å². The monoisotopic (exact) mass is 223 g/mol. The molecule has 2 heterocycles. The van der Waals surface area contributed by atoms with Crippen molar-refractivity contribution in [1.82, 2.24) is 14.6 Å². The van der Waals surface area contributed by atoms with Crippen LogP contribution in [0.5, 0.6) is 0 Å². The van der Waals surface area contributed by atoms with Gasteiger partial charge in [-0.3, -0.25) is 4.79 Å². The molecule has 0 unspecified atom stereocenters. The van der Waals surface area contributed by atoms with Gasteiger partial charge in [-0.1, -0.05) is 30.3 Å². The predicted molar refractivity (Wildman–Crippen MR) is 63.8 cm³/mol. The smallest absolute Gasteiger partial charge is 0.182 e. The molecule has 82 valence electrons. The standard InChI is InChI=1S/C13H9N3O/c17-9-10-6-7-16-12(8-10)14-13(15-16)11-4-2-1-3-5-11/h1-9H. The molecule has 2 aromatic heterocycles. The number of hydrogen-bond acceptors (Lipinski definition) is 3. The van der Waals surface area contributed by atoms with Gasteiger partial charge >= 0.3 is 0 Å². The first-order valence-corrected chi connectivity index (χ1v) is 5.24. The van der Waals surface area contributed by atoms with E-state index in [9.17, 15) is 4.79 Å². The van der Waals surface area contributed by atoms with Gasteiger partial charge < -0.3 is 0 Å². The lowest BCUT2D eigenvalue weighted by molar-refractivity contribution is 0.112. The van der Waals surface area contributed by atoms with Crippen LogP contribution < -0.4 is 0 Å². The Labute approximate surface area is 97.5 Å². The van der Waals surface area contributed by atoms with Crippen LogP contribution in [0.25, 0.3) is 17.0 Å². The Hall–Kier alpha value is -2.49. The van der Waals surface area contributed by atoms with Gasteiger partial charge in [-0.25, -0.2) is 9.50 Å². The third-order valence-corrected chi connectivity index (χ3v) is 2.53. The Kier molecular flexibility index (Phi) is 2.19. The molecule has 0 aliphatic heterocycles. The van der Waals surface area contributed by atoms with Crippen molar-refractivity contribution in [1.29, 1.82) is 0 Å². The number of nitrogens with zero attached hydrogens (tertiary/aromatic N) is 3. The Morgan fingerprint density at radius 1 is 1.12 bits per heavy atom. The molecule has 0 radical (unpaired) electrons. The number of benzene rings is 1. The summed E-state index contributed by atoms with van der Waals surface area (Å²) in [5, 5.41) is 4.35. The first-order chi connectivity index (χ1) is 8.36. The molecule has 1 aromatic carbocycles. The summed E-state index contributed by atoms with van der Waals surface area (Å²) in [5.41, 5.74) is 2.24. The normalized spacial score (nSPS) is 10.6. The third-order valence-electron chi connectivity index (χ3n) is 2.53. The summed E-state index contributed by atoms with van der Waals surface area (Å²) in [6.45, 7) is 0. The molecule has 0 saturated carbocycles. The number of rotatable bonds is 2. The number of aldehydes is 1. The highest BCUT2D eigenvalue weighted by Crippen LogP contribution is 2.15. The minimum atomic E-state index is 0.601. The SMILES string of the molecule is O=Cc1ccn2nc(-c3ccccc3)nc2c1.